The van der Waals surface area contributed by atoms with Gasteiger partial charge < -0.3 is 15.2 Å². The first-order chi connectivity index (χ1) is 9.86. The molecule has 1 aromatic carbocycles. The predicted octanol–water partition coefficient (Wildman–Crippen LogP) is 0.850. The Labute approximate surface area is 129 Å². The fourth-order valence-corrected chi connectivity index (χ4v) is 2.20. The summed E-state index contributed by atoms with van der Waals surface area (Å²) in [6.07, 6.45) is 1.98. The van der Waals surface area contributed by atoms with Gasteiger partial charge in [-0.1, -0.05) is 11.6 Å². The van der Waals surface area contributed by atoms with Gasteiger partial charge in [-0.15, -0.1) is 0 Å². The van der Waals surface area contributed by atoms with Gasteiger partial charge in [0.2, 0.25) is 0 Å². The topological polar surface area (TPSA) is 112 Å². The summed E-state index contributed by atoms with van der Waals surface area (Å²) in [5, 5.41) is 23.9. The third kappa shape index (κ3) is 4.91. The number of hydrogen-bond acceptors (Lipinski definition) is 6. The number of carboxylic acid groups (broad SMARTS) is 1. The van der Waals surface area contributed by atoms with Crippen LogP contribution < -0.4 is 10.4 Å². The minimum absolute atomic E-state index is 0.0000597. The number of carbonyl (C=O) groups excluding carboxylic acids is 2. The highest BCUT2D eigenvalue weighted by Crippen LogP contribution is 2.22. The van der Waals surface area contributed by atoms with Crippen molar-refractivity contribution in [1.29, 1.82) is 0 Å². The zero-order valence-electron chi connectivity index (χ0n) is 11.0. The van der Waals surface area contributed by atoms with Crippen LogP contribution in [0.5, 0.6) is 0 Å². The van der Waals surface area contributed by atoms with Crippen LogP contribution in [0.2, 0.25) is 5.02 Å². The third-order valence-electron chi connectivity index (χ3n) is 2.61. The van der Waals surface area contributed by atoms with E-state index < -0.39 is 22.8 Å². The number of amides is 1. The Hall–Kier alpha value is -1.80. The standard InChI is InChI=1S/C12H13ClN2O5S/c1-21-5-4-10(12(17)18)14-11(16)8-6-7(15(19)20)2-3-9(8)13/h2-3,6,10H,4-5H2,1H3,(H,14,16)(H,17,18)/p-1/t10-/m0/s1. The Morgan fingerprint density at radius 1 is 1.48 bits per heavy atom. The molecule has 0 aliphatic carbocycles. The van der Waals surface area contributed by atoms with E-state index in [4.69, 9.17) is 11.6 Å². The van der Waals surface area contributed by atoms with Crippen LogP contribution in [-0.4, -0.2) is 34.9 Å². The molecule has 21 heavy (non-hydrogen) atoms. The number of nitrogens with one attached hydrogen (secondary N) is 1. The van der Waals surface area contributed by atoms with E-state index in [9.17, 15) is 24.8 Å². The lowest BCUT2D eigenvalue weighted by molar-refractivity contribution is -0.384. The highest BCUT2D eigenvalue weighted by atomic mass is 35.5. The summed E-state index contributed by atoms with van der Waals surface area (Å²) in [6, 6.07) is 2.19. The molecule has 1 aromatic rings. The number of thioether (sulfide) groups is 1. The van der Waals surface area contributed by atoms with Crippen molar-refractivity contribution in [1.82, 2.24) is 5.32 Å². The molecule has 1 rings (SSSR count). The van der Waals surface area contributed by atoms with Crippen LogP contribution in [0.3, 0.4) is 0 Å². The fraction of sp³-hybridized carbons (Fsp3) is 0.333. The van der Waals surface area contributed by atoms with E-state index in [0.717, 1.165) is 12.1 Å². The van der Waals surface area contributed by atoms with Gasteiger partial charge in [0.15, 0.2) is 0 Å². The van der Waals surface area contributed by atoms with Gasteiger partial charge in [0.05, 0.1) is 27.5 Å². The van der Waals surface area contributed by atoms with E-state index in [0.29, 0.717) is 5.75 Å². The first-order valence-electron chi connectivity index (χ1n) is 5.81. The summed E-state index contributed by atoms with van der Waals surface area (Å²) in [4.78, 5) is 33.0. The largest absolute Gasteiger partial charge is 0.548 e. The molecule has 0 aliphatic heterocycles. The molecule has 0 radical (unpaired) electrons. The van der Waals surface area contributed by atoms with Crippen molar-refractivity contribution < 1.29 is 19.6 Å². The SMILES string of the molecule is CSCC[C@H](NC(=O)c1cc([N+](=O)[O-])ccc1Cl)C(=O)[O-]. The second-order valence-corrected chi connectivity index (χ2v) is 5.44. The molecule has 7 nitrogen and oxygen atoms in total. The predicted molar refractivity (Wildman–Crippen MR) is 77.4 cm³/mol. The van der Waals surface area contributed by atoms with Crippen molar-refractivity contribution in [2.45, 2.75) is 12.5 Å². The van der Waals surface area contributed by atoms with Crippen molar-refractivity contribution in [2.75, 3.05) is 12.0 Å². The molecular formula is C12H12ClN2O5S-. The summed E-state index contributed by atoms with van der Waals surface area (Å²) in [5.41, 5.74) is -0.458. The summed E-state index contributed by atoms with van der Waals surface area (Å²) < 4.78 is 0. The van der Waals surface area contributed by atoms with Gasteiger partial charge in [0.1, 0.15) is 0 Å². The minimum Gasteiger partial charge on any atom is -0.548 e. The Balaban J connectivity index is 2.94. The lowest BCUT2D eigenvalue weighted by Gasteiger charge is -2.19. The van der Waals surface area contributed by atoms with Gasteiger partial charge in [0, 0.05) is 12.1 Å². The molecule has 0 unspecified atom stereocenters. The Kier molecular flexibility index (Phi) is 6.44. The van der Waals surface area contributed by atoms with E-state index in [1.807, 2.05) is 0 Å². The normalized spacial score (nSPS) is 11.7. The monoisotopic (exact) mass is 331 g/mol. The summed E-state index contributed by atoms with van der Waals surface area (Å²) in [5.74, 6) is -1.69. The highest BCUT2D eigenvalue weighted by molar-refractivity contribution is 7.98. The average molecular weight is 332 g/mol. The van der Waals surface area contributed by atoms with Crippen LogP contribution in [0.25, 0.3) is 0 Å². The average Bonchev–Trinajstić information content (AvgIpc) is 2.42. The molecular weight excluding hydrogens is 320 g/mol. The number of nitrogens with zero attached hydrogens (tertiary/aromatic N) is 1. The maximum atomic E-state index is 12.0. The number of carbonyl (C=O) groups is 2. The van der Waals surface area contributed by atoms with Crippen LogP contribution in [0, 0.1) is 10.1 Å². The summed E-state index contributed by atoms with van der Waals surface area (Å²) in [6.45, 7) is 0. The molecule has 9 heteroatoms. The van der Waals surface area contributed by atoms with Crippen LogP contribution in [0.4, 0.5) is 5.69 Å². The molecule has 0 fully saturated rings. The maximum Gasteiger partial charge on any atom is 0.270 e. The summed E-state index contributed by atoms with van der Waals surface area (Å²) in [7, 11) is 0. The smallest absolute Gasteiger partial charge is 0.270 e. The van der Waals surface area contributed by atoms with Crippen molar-refractivity contribution >= 4 is 40.9 Å². The first-order valence-corrected chi connectivity index (χ1v) is 7.58. The van der Waals surface area contributed by atoms with Crippen LogP contribution in [0.1, 0.15) is 16.8 Å². The molecule has 0 aliphatic rings. The van der Waals surface area contributed by atoms with E-state index in [1.54, 1.807) is 6.26 Å². The van der Waals surface area contributed by atoms with Crippen molar-refractivity contribution in [3.05, 3.63) is 38.9 Å². The molecule has 0 heterocycles. The van der Waals surface area contributed by atoms with Gasteiger partial charge >= 0.3 is 0 Å². The zero-order chi connectivity index (χ0) is 16.0. The molecule has 1 atom stereocenters. The molecule has 0 bridgehead atoms. The lowest BCUT2D eigenvalue weighted by atomic mass is 10.1. The van der Waals surface area contributed by atoms with E-state index >= 15 is 0 Å². The number of nitro groups is 1. The fourth-order valence-electron chi connectivity index (χ4n) is 1.52. The van der Waals surface area contributed by atoms with Gasteiger partial charge in [0.25, 0.3) is 11.6 Å². The quantitative estimate of drug-likeness (QED) is 0.585. The van der Waals surface area contributed by atoms with Gasteiger partial charge in [-0.2, -0.15) is 11.8 Å². The second-order valence-electron chi connectivity index (χ2n) is 4.05. The van der Waals surface area contributed by atoms with Crippen LogP contribution in [-0.2, 0) is 4.79 Å². The molecule has 114 valence electrons. The number of nitro benzene ring substituents is 1. The van der Waals surface area contributed by atoms with E-state index in [1.165, 1.54) is 17.8 Å². The molecule has 0 spiro atoms. The van der Waals surface area contributed by atoms with Gasteiger partial charge in [-0.3, -0.25) is 14.9 Å². The van der Waals surface area contributed by atoms with Crippen molar-refractivity contribution in [3.8, 4) is 0 Å². The second kappa shape index (κ2) is 7.84. The molecule has 0 saturated carbocycles. The number of hydrogen-bond donors (Lipinski definition) is 1. The Morgan fingerprint density at radius 2 is 2.14 bits per heavy atom. The zero-order valence-corrected chi connectivity index (χ0v) is 12.6. The van der Waals surface area contributed by atoms with Gasteiger partial charge in [-0.05, 0) is 24.5 Å². The third-order valence-corrected chi connectivity index (χ3v) is 3.58. The molecule has 1 N–H and O–H groups in total. The minimum atomic E-state index is -1.42. The number of carboxylic acids is 1. The van der Waals surface area contributed by atoms with Crippen molar-refractivity contribution in [2.24, 2.45) is 0 Å². The lowest BCUT2D eigenvalue weighted by Crippen LogP contribution is -2.48. The van der Waals surface area contributed by atoms with E-state index in [-0.39, 0.29) is 22.7 Å². The highest BCUT2D eigenvalue weighted by Gasteiger charge is 2.19. The molecule has 0 saturated heterocycles. The Morgan fingerprint density at radius 3 is 2.67 bits per heavy atom. The number of aliphatic carboxylic acids is 1. The first kappa shape index (κ1) is 17.3. The number of non-ortho nitro benzene ring substituents is 1. The van der Waals surface area contributed by atoms with Gasteiger partial charge in [-0.25, -0.2) is 0 Å². The Bertz CT molecular complexity index is 567. The maximum absolute atomic E-state index is 12.0. The number of halogens is 1. The number of benzene rings is 1. The van der Waals surface area contributed by atoms with Crippen LogP contribution in [0.15, 0.2) is 18.2 Å². The summed E-state index contributed by atoms with van der Waals surface area (Å²) >= 11 is 7.23. The number of rotatable bonds is 7. The molecule has 1 amide bonds. The van der Waals surface area contributed by atoms with E-state index in [2.05, 4.69) is 5.32 Å². The van der Waals surface area contributed by atoms with Crippen molar-refractivity contribution in [3.63, 3.8) is 0 Å². The molecule has 0 aromatic heterocycles. The van der Waals surface area contributed by atoms with Crippen LogP contribution >= 0.6 is 23.4 Å².